The molecule has 0 fully saturated rings. The molecule has 0 bridgehead atoms. The van der Waals surface area contributed by atoms with Crippen molar-refractivity contribution in [1.82, 2.24) is 0 Å². The Bertz CT molecular complexity index is 59.1. The molecule has 6 N–H and O–H groups in total. The molecule has 0 aromatic rings. The second-order valence-corrected chi connectivity index (χ2v) is 4.19. The van der Waals surface area contributed by atoms with Crippen LogP contribution in [0.25, 0.3) is 0 Å². The van der Waals surface area contributed by atoms with Gasteiger partial charge in [0.15, 0.2) is 0 Å². The van der Waals surface area contributed by atoms with E-state index >= 15 is 0 Å². The summed E-state index contributed by atoms with van der Waals surface area (Å²) in [5.74, 6) is 0. The van der Waals surface area contributed by atoms with Crippen LogP contribution in [0.5, 0.6) is 0 Å². The number of nitrogens with two attached hydrogens (primary N) is 3. The molecule has 0 spiro atoms. The minimum Gasteiger partial charge on any atom is -0.280 e. The molecular weight excluding hydrogens is 176 g/mol. The second kappa shape index (κ2) is 5.25. The first-order chi connectivity index (χ1) is 2.00. The summed E-state index contributed by atoms with van der Waals surface area (Å²) in [4.78, 5) is 0. The minimum atomic E-state index is -2.31. The van der Waals surface area contributed by atoms with Crippen molar-refractivity contribution in [2.75, 3.05) is 0 Å². The van der Waals surface area contributed by atoms with Crippen molar-refractivity contribution in [3.63, 3.8) is 0 Å². The smallest absolute Gasteiger partial charge is 0.129 e. The largest absolute Gasteiger partial charge is 0.280 e. The maximum atomic E-state index is 4.84. The molecule has 0 saturated heterocycles. The summed E-state index contributed by atoms with van der Waals surface area (Å²) in [6, 6.07) is 0. The van der Waals surface area contributed by atoms with Crippen LogP contribution >= 0.6 is 31.3 Å². The molecule has 48 valence electrons. The van der Waals surface area contributed by atoms with E-state index in [0.717, 1.165) is 0 Å². The normalized spacial score (nSPS) is 8.43. The fraction of sp³-hybridized carbons (Fsp3) is 0. The molecule has 0 saturated carbocycles. The standard InChI is InChI=1S/2ClH.H6N3PS/c;;1-4(2,3)5/h2*1H;(H6,1,2,3,5). The van der Waals surface area contributed by atoms with Gasteiger partial charge in [-0.25, -0.2) is 0 Å². The van der Waals surface area contributed by atoms with Gasteiger partial charge in [0.1, 0.15) is 6.49 Å². The zero-order valence-corrected chi connectivity index (χ0v) is 6.75. The number of rotatable bonds is 0. The fourth-order valence-electron chi connectivity index (χ4n) is 0. The first-order valence-electron chi connectivity index (χ1n) is 0.957. The monoisotopic (exact) mass is 183 g/mol. The highest BCUT2D eigenvalue weighted by Crippen LogP contribution is 2.07. The Morgan fingerprint density at radius 3 is 1.00 bits per heavy atom. The van der Waals surface area contributed by atoms with Crippen LogP contribution in [0.4, 0.5) is 0 Å². The van der Waals surface area contributed by atoms with E-state index in [1.807, 2.05) is 0 Å². The van der Waals surface area contributed by atoms with E-state index < -0.39 is 6.49 Å². The van der Waals surface area contributed by atoms with E-state index in [2.05, 4.69) is 11.8 Å². The highest BCUT2D eigenvalue weighted by atomic mass is 35.5. The number of hydrogen-bond acceptors (Lipinski definition) is 1. The summed E-state index contributed by atoms with van der Waals surface area (Å²) in [5, 5.41) is 0. The van der Waals surface area contributed by atoms with Gasteiger partial charge in [0.05, 0.1) is 0 Å². The lowest BCUT2D eigenvalue weighted by molar-refractivity contribution is 1.68. The topological polar surface area (TPSA) is 78.1 Å². The van der Waals surface area contributed by atoms with Crippen LogP contribution < -0.4 is 16.5 Å². The summed E-state index contributed by atoms with van der Waals surface area (Å²) >= 11 is 4.27. The molecule has 0 amide bonds. The van der Waals surface area contributed by atoms with Crippen molar-refractivity contribution in [2.45, 2.75) is 0 Å². The predicted molar refractivity (Wildman–Crippen MR) is 41.3 cm³/mol. The third-order valence-corrected chi connectivity index (χ3v) is 0. The molecule has 0 atom stereocenters. The van der Waals surface area contributed by atoms with Crippen LogP contribution in [0, 0.1) is 0 Å². The zero-order valence-electron chi connectivity index (χ0n) is 3.40. The molecule has 0 rings (SSSR count). The van der Waals surface area contributed by atoms with Crippen molar-refractivity contribution in [3.05, 3.63) is 0 Å². The number of halogens is 2. The number of hydrogen-bond donors (Lipinski definition) is 3. The highest BCUT2D eigenvalue weighted by molar-refractivity contribution is 8.11. The van der Waals surface area contributed by atoms with Crippen molar-refractivity contribution in [1.29, 1.82) is 0 Å². The van der Waals surface area contributed by atoms with Gasteiger partial charge in [-0.2, -0.15) is 0 Å². The molecule has 3 nitrogen and oxygen atoms in total. The summed E-state index contributed by atoms with van der Waals surface area (Å²) in [5.41, 5.74) is 14.5. The summed E-state index contributed by atoms with van der Waals surface area (Å²) in [6.45, 7) is -2.31. The predicted octanol–water partition coefficient (Wildman–Crippen LogP) is -0.0694. The molecule has 0 aliphatic heterocycles. The van der Waals surface area contributed by atoms with Crippen LogP contribution in [0.1, 0.15) is 0 Å². The molecule has 0 aromatic carbocycles. The van der Waals surface area contributed by atoms with E-state index in [9.17, 15) is 0 Å². The van der Waals surface area contributed by atoms with Gasteiger partial charge >= 0.3 is 0 Å². The average molecular weight is 184 g/mol. The van der Waals surface area contributed by atoms with Crippen LogP contribution in [0.15, 0.2) is 0 Å². The second-order valence-electron chi connectivity index (χ2n) is 0.763. The molecule has 0 radical (unpaired) electrons. The van der Waals surface area contributed by atoms with E-state index in [4.69, 9.17) is 16.5 Å². The van der Waals surface area contributed by atoms with Gasteiger partial charge in [0.25, 0.3) is 0 Å². The summed E-state index contributed by atoms with van der Waals surface area (Å²) in [7, 11) is 0. The van der Waals surface area contributed by atoms with Crippen molar-refractivity contribution < 1.29 is 0 Å². The van der Waals surface area contributed by atoms with Gasteiger partial charge in [-0.05, 0) is 11.8 Å². The Labute approximate surface area is 60.0 Å². The third kappa shape index (κ3) is 151. The maximum Gasteiger partial charge on any atom is 0.129 e. The quantitative estimate of drug-likeness (QED) is 0.460. The Balaban J connectivity index is -0.0000000800. The summed E-state index contributed by atoms with van der Waals surface area (Å²) in [6.07, 6.45) is 0. The minimum absolute atomic E-state index is 0. The Morgan fingerprint density at radius 1 is 1.00 bits per heavy atom. The Kier molecular flexibility index (Phi) is 11.8. The van der Waals surface area contributed by atoms with Gasteiger partial charge in [-0.1, -0.05) is 0 Å². The SMILES string of the molecule is Cl.Cl.NP(N)(N)=S. The first kappa shape index (κ1) is 15.7. The fourth-order valence-corrected chi connectivity index (χ4v) is 0. The lowest BCUT2D eigenvalue weighted by Gasteiger charge is -1.94. The molecule has 0 aliphatic rings. The maximum absolute atomic E-state index is 4.84. The van der Waals surface area contributed by atoms with E-state index in [1.165, 1.54) is 0 Å². The molecule has 0 aliphatic carbocycles. The van der Waals surface area contributed by atoms with Crippen molar-refractivity contribution >= 4 is 43.1 Å². The Morgan fingerprint density at radius 2 is 1.00 bits per heavy atom. The van der Waals surface area contributed by atoms with Crippen molar-refractivity contribution in [2.24, 2.45) is 16.5 Å². The molecular formula is H8Cl2N3PS. The van der Waals surface area contributed by atoms with Gasteiger partial charge in [-0.15, -0.1) is 24.8 Å². The molecule has 7 heteroatoms. The molecule has 0 aromatic heterocycles. The van der Waals surface area contributed by atoms with E-state index in [-0.39, 0.29) is 24.8 Å². The van der Waals surface area contributed by atoms with E-state index in [0.29, 0.717) is 0 Å². The molecule has 7 heavy (non-hydrogen) atoms. The Hall–Kier alpha value is 1.11. The average Bonchev–Trinajstić information content (AvgIpc) is 0.722. The molecule has 0 unspecified atom stereocenters. The van der Waals surface area contributed by atoms with Crippen LogP contribution in [-0.2, 0) is 11.8 Å². The summed E-state index contributed by atoms with van der Waals surface area (Å²) < 4.78 is 0. The van der Waals surface area contributed by atoms with Crippen molar-refractivity contribution in [3.8, 4) is 0 Å². The zero-order chi connectivity index (χ0) is 4.50. The third-order valence-electron chi connectivity index (χ3n) is 0. The first-order valence-corrected chi connectivity index (χ1v) is 3.97. The van der Waals surface area contributed by atoms with Gasteiger partial charge in [0, 0.05) is 0 Å². The van der Waals surface area contributed by atoms with Gasteiger partial charge in [0.2, 0.25) is 0 Å². The van der Waals surface area contributed by atoms with Crippen LogP contribution in [0.3, 0.4) is 0 Å². The van der Waals surface area contributed by atoms with Gasteiger partial charge < -0.3 is 0 Å². The van der Waals surface area contributed by atoms with Gasteiger partial charge in [-0.3, -0.25) is 16.5 Å². The van der Waals surface area contributed by atoms with Crippen LogP contribution in [-0.4, -0.2) is 0 Å². The van der Waals surface area contributed by atoms with E-state index in [1.54, 1.807) is 0 Å². The lowest BCUT2D eigenvalue weighted by atomic mass is 13.8. The van der Waals surface area contributed by atoms with Crippen LogP contribution in [0.2, 0.25) is 0 Å². The highest BCUT2D eigenvalue weighted by Gasteiger charge is 1.82. The lowest BCUT2D eigenvalue weighted by Crippen LogP contribution is -2.11. The molecule has 0 heterocycles.